The van der Waals surface area contributed by atoms with Crippen molar-refractivity contribution in [3.63, 3.8) is 0 Å². The Bertz CT molecular complexity index is 624. The number of fused-ring (bicyclic) bond motifs is 1. The van der Waals surface area contributed by atoms with E-state index in [1.54, 1.807) is 0 Å². The molecule has 0 aromatic heterocycles. The Morgan fingerprint density at radius 3 is 2.63 bits per heavy atom. The molecule has 0 amide bonds. The molecule has 5 nitrogen and oxygen atoms in total. The van der Waals surface area contributed by atoms with E-state index < -0.39 is 18.0 Å². The molecule has 3 rings (SSSR count). The molecule has 1 aliphatic heterocycles. The zero-order valence-corrected chi connectivity index (χ0v) is 17.1. The van der Waals surface area contributed by atoms with Gasteiger partial charge in [-0.05, 0) is 48.3 Å². The lowest BCUT2D eigenvalue weighted by Gasteiger charge is -2.50. The number of esters is 2. The van der Waals surface area contributed by atoms with Crippen LogP contribution in [0, 0.1) is 34.5 Å². The van der Waals surface area contributed by atoms with Gasteiger partial charge in [0.2, 0.25) is 0 Å². The van der Waals surface area contributed by atoms with E-state index in [1.165, 1.54) is 32.6 Å². The maximum atomic E-state index is 11.7. The maximum Gasteiger partial charge on any atom is 0.335 e. The number of hydrogen-bond acceptors (Lipinski definition) is 5. The molecule has 2 saturated carbocycles. The Hall–Kier alpha value is -1.36. The summed E-state index contributed by atoms with van der Waals surface area (Å²) in [6.07, 6.45) is 4.72. The van der Waals surface area contributed by atoms with E-state index in [4.69, 9.17) is 9.47 Å². The number of aliphatic hydroxyl groups excluding tert-OH is 1. The summed E-state index contributed by atoms with van der Waals surface area (Å²) in [5.74, 6) is -0.659. The summed E-state index contributed by atoms with van der Waals surface area (Å²) in [5, 5.41) is 10.3. The number of hydrogen-bond donors (Lipinski definition) is 1. The van der Waals surface area contributed by atoms with Gasteiger partial charge in [0, 0.05) is 18.8 Å². The Morgan fingerprint density at radius 1 is 1.33 bits per heavy atom. The molecule has 1 heterocycles. The van der Waals surface area contributed by atoms with Gasteiger partial charge >= 0.3 is 11.9 Å². The summed E-state index contributed by atoms with van der Waals surface area (Å²) in [6, 6.07) is 0. The molecular formula is C22H34O5. The molecule has 1 saturated heterocycles. The Labute approximate surface area is 162 Å². The van der Waals surface area contributed by atoms with Gasteiger partial charge in [-0.25, -0.2) is 4.79 Å². The lowest BCUT2D eigenvalue weighted by molar-refractivity contribution is -0.145. The van der Waals surface area contributed by atoms with Crippen molar-refractivity contribution in [3.05, 3.63) is 12.2 Å². The van der Waals surface area contributed by atoms with Gasteiger partial charge in [0.1, 0.15) is 0 Å². The smallest absolute Gasteiger partial charge is 0.335 e. The summed E-state index contributed by atoms with van der Waals surface area (Å²) in [5.41, 5.74) is 1.50. The summed E-state index contributed by atoms with van der Waals surface area (Å²) < 4.78 is 10.4. The fourth-order valence-corrected chi connectivity index (χ4v) is 6.41. The second-order valence-corrected chi connectivity index (χ2v) is 9.75. The molecule has 0 aromatic rings. The Balaban J connectivity index is 1.85. The first-order chi connectivity index (χ1) is 12.6. The molecule has 152 valence electrons. The Morgan fingerprint density at radius 2 is 2.04 bits per heavy atom. The van der Waals surface area contributed by atoms with Crippen LogP contribution >= 0.6 is 0 Å². The predicted octanol–water partition coefficient (Wildman–Crippen LogP) is 3.50. The first-order valence-corrected chi connectivity index (χ1v) is 10.2. The number of ether oxygens (including phenoxy) is 2. The average molecular weight is 379 g/mol. The van der Waals surface area contributed by atoms with Crippen molar-refractivity contribution in [1.29, 1.82) is 0 Å². The topological polar surface area (TPSA) is 72.8 Å². The molecule has 2 aliphatic carbocycles. The molecule has 0 radical (unpaired) electrons. The van der Waals surface area contributed by atoms with Crippen molar-refractivity contribution in [2.45, 2.75) is 65.9 Å². The van der Waals surface area contributed by atoms with Gasteiger partial charge in [-0.15, -0.1) is 0 Å². The summed E-state index contributed by atoms with van der Waals surface area (Å²) in [4.78, 5) is 23.2. The van der Waals surface area contributed by atoms with E-state index in [-0.39, 0.29) is 30.5 Å². The molecule has 3 fully saturated rings. The fourth-order valence-electron chi connectivity index (χ4n) is 6.41. The Kier molecular flexibility index (Phi) is 5.46. The molecule has 27 heavy (non-hydrogen) atoms. The monoisotopic (exact) mass is 378 g/mol. The molecule has 0 unspecified atom stereocenters. The van der Waals surface area contributed by atoms with Gasteiger partial charge in [0.15, 0.2) is 6.10 Å². The van der Waals surface area contributed by atoms with Gasteiger partial charge in [0.05, 0.1) is 13.2 Å². The van der Waals surface area contributed by atoms with Crippen LogP contribution in [0.25, 0.3) is 0 Å². The van der Waals surface area contributed by atoms with Crippen LogP contribution in [-0.2, 0) is 19.1 Å². The minimum Gasteiger partial charge on any atom is -0.465 e. The zero-order chi connectivity index (χ0) is 20.0. The number of cyclic esters (lactones) is 1. The second-order valence-electron chi connectivity index (χ2n) is 9.75. The minimum atomic E-state index is -1.17. The van der Waals surface area contributed by atoms with Crippen molar-refractivity contribution in [3.8, 4) is 0 Å². The zero-order valence-electron chi connectivity index (χ0n) is 17.1. The van der Waals surface area contributed by atoms with E-state index >= 15 is 0 Å². The van der Waals surface area contributed by atoms with E-state index in [0.29, 0.717) is 17.3 Å². The normalized spacial score (nSPS) is 38.8. The van der Waals surface area contributed by atoms with Crippen LogP contribution in [0.4, 0.5) is 0 Å². The van der Waals surface area contributed by atoms with Gasteiger partial charge in [-0.2, -0.15) is 0 Å². The van der Waals surface area contributed by atoms with Crippen molar-refractivity contribution in [2.24, 2.45) is 34.5 Å². The van der Waals surface area contributed by atoms with E-state index in [0.717, 1.165) is 12.0 Å². The van der Waals surface area contributed by atoms with Gasteiger partial charge in [-0.1, -0.05) is 39.3 Å². The van der Waals surface area contributed by atoms with Crippen molar-refractivity contribution in [2.75, 3.05) is 13.2 Å². The third-order valence-corrected chi connectivity index (χ3v) is 7.79. The highest BCUT2D eigenvalue weighted by molar-refractivity contribution is 5.76. The van der Waals surface area contributed by atoms with E-state index in [1.807, 2.05) is 0 Å². The lowest BCUT2D eigenvalue weighted by atomic mass is 9.54. The van der Waals surface area contributed by atoms with E-state index in [9.17, 15) is 14.7 Å². The van der Waals surface area contributed by atoms with Crippen LogP contribution in [0.15, 0.2) is 12.2 Å². The molecule has 0 spiro atoms. The largest absolute Gasteiger partial charge is 0.465 e. The van der Waals surface area contributed by atoms with E-state index in [2.05, 4.69) is 27.4 Å². The molecule has 3 aliphatic rings. The molecule has 0 bridgehead atoms. The van der Waals surface area contributed by atoms with Crippen molar-refractivity contribution >= 4 is 11.9 Å². The maximum absolute atomic E-state index is 11.7. The number of aliphatic hydroxyl groups is 1. The highest BCUT2D eigenvalue weighted by Gasteiger charge is 2.56. The summed E-state index contributed by atoms with van der Waals surface area (Å²) in [6.45, 7) is 13.3. The SMILES string of the molecule is C=C([C@H]1CC[C@H]2C(C)(C)CCC[C@]12C)[C@H](COC(C)=O)[C@@H]1COC(=O)[C@@H]1O. The standard InChI is InChI=1S/C22H34O5/c1-13(15(11-26-14(2)23)16-12-27-20(25)19(16)24)17-7-8-18-21(3,4)9-6-10-22(17,18)5/h15-19,24H,1,6-12H2,2-5H3/t15-,16-,17+,18-,19+,22+/m0/s1. The highest BCUT2D eigenvalue weighted by atomic mass is 16.6. The van der Waals surface area contributed by atoms with Crippen LogP contribution in [-0.4, -0.2) is 36.4 Å². The van der Waals surface area contributed by atoms with Crippen LogP contribution in [0.2, 0.25) is 0 Å². The van der Waals surface area contributed by atoms with Gasteiger partial charge in [0.25, 0.3) is 0 Å². The van der Waals surface area contributed by atoms with Crippen LogP contribution in [0.1, 0.15) is 59.8 Å². The second kappa shape index (κ2) is 7.23. The predicted molar refractivity (Wildman–Crippen MR) is 102 cm³/mol. The third kappa shape index (κ3) is 3.55. The highest BCUT2D eigenvalue weighted by Crippen LogP contribution is 2.64. The summed E-state index contributed by atoms with van der Waals surface area (Å²) in [7, 11) is 0. The van der Waals surface area contributed by atoms with Crippen molar-refractivity contribution < 1.29 is 24.2 Å². The first-order valence-electron chi connectivity index (χ1n) is 10.2. The number of rotatable bonds is 5. The van der Waals surface area contributed by atoms with Crippen LogP contribution in [0.3, 0.4) is 0 Å². The molecule has 6 atom stereocenters. The fraction of sp³-hybridized carbons (Fsp3) is 0.818. The van der Waals surface area contributed by atoms with Crippen LogP contribution in [0.5, 0.6) is 0 Å². The quantitative estimate of drug-likeness (QED) is 0.585. The molecular weight excluding hydrogens is 344 g/mol. The molecule has 0 aromatic carbocycles. The minimum absolute atomic E-state index is 0.146. The van der Waals surface area contributed by atoms with Crippen LogP contribution < -0.4 is 0 Å². The summed E-state index contributed by atoms with van der Waals surface area (Å²) >= 11 is 0. The number of carbonyl (C=O) groups excluding carboxylic acids is 2. The lowest BCUT2D eigenvalue weighted by Crippen LogP contribution is -2.43. The van der Waals surface area contributed by atoms with Crippen molar-refractivity contribution in [1.82, 2.24) is 0 Å². The van der Waals surface area contributed by atoms with Gasteiger partial charge in [-0.3, -0.25) is 4.79 Å². The average Bonchev–Trinajstić information content (AvgIpc) is 3.09. The van der Waals surface area contributed by atoms with Gasteiger partial charge < -0.3 is 14.6 Å². The molecule has 1 N–H and O–H groups in total. The molecule has 5 heteroatoms. The number of carbonyl (C=O) groups is 2. The first kappa shape index (κ1) is 20.4. The third-order valence-electron chi connectivity index (χ3n) is 7.79.